The summed E-state index contributed by atoms with van der Waals surface area (Å²) in [6.07, 6.45) is 1.12. The number of hydrogen-bond donors (Lipinski definition) is 1. The number of likely N-dealkylation sites (tertiary alicyclic amines) is 1. The van der Waals surface area contributed by atoms with Gasteiger partial charge in [-0.3, -0.25) is 4.90 Å². The van der Waals surface area contributed by atoms with Crippen molar-refractivity contribution in [2.45, 2.75) is 32.0 Å². The van der Waals surface area contributed by atoms with Gasteiger partial charge in [-0.1, -0.05) is 30.3 Å². The molecule has 2 rings (SSSR count). The molecule has 1 aliphatic rings. The molecule has 0 radical (unpaired) electrons. The molecule has 0 aromatic heterocycles. The molecule has 0 spiro atoms. The first kappa shape index (κ1) is 12.5. The highest BCUT2D eigenvalue weighted by Gasteiger charge is 2.28. The quantitative estimate of drug-likeness (QED) is 0.843. The highest BCUT2D eigenvalue weighted by molar-refractivity contribution is 5.15. The summed E-state index contributed by atoms with van der Waals surface area (Å²) in [4.78, 5) is 2.46. The van der Waals surface area contributed by atoms with Crippen molar-refractivity contribution in [2.75, 3.05) is 19.8 Å². The lowest BCUT2D eigenvalue weighted by atomic mass is 10.2. The molecule has 2 nitrogen and oxygen atoms in total. The van der Waals surface area contributed by atoms with E-state index in [0.29, 0.717) is 18.6 Å². The molecule has 17 heavy (non-hydrogen) atoms. The van der Waals surface area contributed by atoms with Crippen molar-refractivity contribution < 1.29 is 4.39 Å². The molecule has 0 aliphatic carbocycles. The van der Waals surface area contributed by atoms with Crippen LogP contribution >= 0.6 is 0 Å². The lowest BCUT2D eigenvalue weighted by Crippen LogP contribution is -2.33. The summed E-state index contributed by atoms with van der Waals surface area (Å²) in [6.45, 7) is 4.48. The molecule has 1 fully saturated rings. The summed E-state index contributed by atoms with van der Waals surface area (Å²) >= 11 is 0. The summed E-state index contributed by atoms with van der Waals surface area (Å²) in [5.74, 6) is 0. The van der Waals surface area contributed by atoms with Crippen molar-refractivity contribution in [3.63, 3.8) is 0 Å². The van der Waals surface area contributed by atoms with E-state index in [1.54, 1.807) is 0 Å². The second kappa shape index (κ2) is 6.12. The molecule has 1 N–H and O–H groups in total. The van der Waals surface area contributed by atoms with Gasteiger partial charge in [-0.2, -0.15) is 0 Å². The number of rotatable bonds is 5. The minimum atomic E-state index is -0.274. The van der Waals surface area contributed by atoms with Gasteiger partial charge in [0.05, 0.1) is 0 Å². The third-order valence-corrected chi connectivity index (χ3v) is 3.46. The molecule has 2 atom stereocenters. The van der Waals surface area contributed by atoms with Crippen LogP contribution in [-0.2, 0) is 6.54 Å². The van der Waals surface area contributed by atoms with Crippen molar-refractivity contribution in [1.29, 1.82) is 0 Å². The molecular weight excluding hydrogens is 215 g/mol. The van der Waals surface area contributed by atoms with E-state index in [2.05, 4.69) is 41.4 Å². The molecule has 1 saturated heterocycles. The summed E-state index contributed by atoms with van der Waals surface area (Å²) < 4.78 is 12.1. The van der Waals surface area contributed by atoms with Crippen LogP contribution in [0.3, 0.4) is 0 Å². The fraction of sp³-hybridized carbons (Fsp3) is 0.571. The minimum absolute atomic E-state index is 0.274. The SMILES string of the molecule is CC1CC(NCCF)CN1Cc1ccccc1. The van der Waals surface area contributed by atoms with Gasteiger partial charge in [0, 0.05) is 31.7 Å². The monoisotopic (exact) mass is 236 g/mol. The van der Waals surface area contributed by atoms with Gasteiger partial charge in [0.15, 0.2) is 0 Å². The summed E-state index contributed by atoms with van der Waals surface area (Å²) in [5.41, 5.74) is 1.35. The third kappa shape index (κ3) is 3.51. The molecule has 0 amide bonds. The highest BCUT2D eigenvalue weighted by atomic mass is 19.1. The van der Waals surface area contributed by atoms with Crippen LogP contribution in [0.2, 0.25) is 0 Å². The third-order valence-electron chi connectivity index (χ3n) is 3.46. The summed E-state index contributed by atoms with van der Waals surface area (Å²) in [5, 5.41) is 3.26. The van der Waals surface area contributed by atoms with E-state index < -0.39 is 0 Å². The first-order chi connectivity index (χ1) is 8.29. The molecule has 94 valence electrons. The van der Waals surface area contributed by atoms with E-state index in [-0.39, 0.29) is 6.67 Å². The van der Waals surface area contributed by atoms with Crippen LogP contribution in [0.25, 0.3) is 0 Å². The van der Waals surface area contributed by atoms with Crippen LogP contribution in [0.15, 0.2) is 30.3 Å². The Kier molecular flexibility index (Phi) is 4.51. The molecule has 1 aromatic carbocycles. The van der Waals surface area contributed by atoms with Crippen LogP contribution in [0.4, 0.5) is 4.39 Å². The largest absolute Gasteiger partial charge is 0.310 e. The Balaban J connectivity index is 1.86. The van der Waals surface area contributed by atoms with Gasteiger partial charge in [-0.15, -0.1) is 0 Å². The lowest BCUT2D eigenvalue weighted by Gasteiger charge is -2.20. The fourth-order valence-corrected chi connectivity index (χ4v) is 2.54. The van der Waals surface area contributed by atoms with Crippen LogP contribution < -0.4 is 5.32 Å². The van der Waals surface area contributed by atoms with Gasteiger partial charge in [-0.25, -0.2) is 4.39 Å². The molecule has 0 saturated carbocycles. The van der Waals surface area contributed by atoms with Crippen LogP contribution in [-0.4, -0.2) is 36.7 Å². The number of alkyl halides is 1. The molecule has 3 heteroatoms. The zero-order valence-corrected chi connectivity index (χ0v) is 10.4. The van der Waals surface area contributed by atoms with Crippen LogP contribution in [0.1, 0.15) is 18.9 Å². The van der Waals surface area contributed by atoms with Gasteiger partial charge in [-0.05, 0) is 18.9 Å². The van der Waals surface area contributed by atoms with E-state index >= 15 is 0 Å². The first-order valence-electron chi connectivity index (χ1n) is 6.37. The van der Waals surface area contributed by atoms with Gasteiger partial charge in [0.2, 0.25) is 0 Å². The first-order valence-corrected chi connectivity index (χ1v) is 6.37. The second-order valence-electron chi connectivity index (χ2n) is 4.84. The topological polar surface area (TPSA) is 15.3 Å². The summed E-state index contributed by atoms with van der Waals surface area (Å²) in [7, 11) is 0. The zero-order valence-electron chi connectivity index (χ0n) is 10.4. The van der Waals surface area contributed by atoms with Gasteiger partial charge < -0.3 is 5.32 Å². The van der Waals surface area contributed by atoms with E-state index in [1.807, 2.05) is 6.07 Å². The van der Waals surface area contributed by atoms with Crippen LogP contribution in [0.5, 0.6) is 0 Å². The van der Waals surface area contributed by atoms with E-state index in [1.165, 1.54) is 5.56 Å². The van der Waals surface area contributed by atoms with Gasteiger partial charge in [0.1, 0.15) is 6.67 Å². The van der Waals surface area contributed by atoms with Crippen molar-refractivity contribution in [1.82, 2.24) is 10.2 Å². The standard InChI is InChI=1S/C14H21FN2/c1-12-9-14(16-8-7-15)11-17(12)10-13-5-3-2-4-6-13/h2-6,12,14,16H,7-11H2,1H3. The second-order valence-corrected chi connectivity index (χ2v) is 4.84. The maximum Gasteiger partial charge on any atom is 0.102 e. The number of halogens is 1. The Morgan fingerprint density at radius 1 is 1.35 bits per heavy atom. The lowest BCUT2D eigenvalue weighted by molar-refractivity contribution is 0.256. The van der Waals surface area contributed by atoms with Gasteiger partial charge in [0.25, 0.3) is 0 Å². The van der Waals surface area contributed by atoms with E-state index in [9.17, 15) is 4.39 Å². The van der Waals surface area contributed by atoms with Crippen LogP contribution in [0, 0.1) is 0 Å². The van der Waals surface area contributed by atoms with E-state index in [0.717, 1.165) is 19.5 Å². The molecule has 1 aliphatic heterocycles. The van der Waals surface area contributed by atoms with Crippen molar-refractivity contribution in [3.8, 4) is 0 Å². The Morgan fingerprint density at radius 3 is 2.82 bits per heavy atom. The van der Waals surface area contributed by atoms with Crippen molar-refractivity contribution in [3.05, 3.63) is 35.9 Å². The zero-order chi connectivity index (χ0) is 12.1. The normalized spacial score (nSPS) is 25.3. The van der Waals surface area contributed by atoms with Crippen molar-refractivity contribution >= 4 is 0 Å². The fourth-order valence-electron chi connectivity index (χ4n) is 2.54. The summed E-state index contributed by atoms with van der Waals surface area (Å²) in [6, 6.07) is 11.5. The number of benzene rings is 1. The van der Waals surface area contributed by atoms with Crippen molar-refractivity contribution in [2.24, 2.45) is 0 Å². The Bertz CT molecular complexity index is 328. The number of nitrogens with zero attached hydrogens (tertiary/aromatic N) is 1. The van der Waals surface area contributed by atoms with Gasteiger partial charge >= 0.3 is 0 Å². The molecule has 1 aromatic rings. The Labute approximate surface area is 103 Å². The predicted molar refractivity (Wildman–Crippen MR) is 68.7 cm³/mol. The Morgan fingerprint density at radius 2 is 2.12 bits per heavy atom. The maximum absolute atomic E-state index is 12.1. The molecule has 1 heterocycles. The number of nitrogens with one attached hydrogen (secondary N) is 1. The highest BCUT2D eigenvalue weighted by Crippen LogP contribution is 2.19. The average Bonchev–Trinajstić information content (AvgIpc) is 2.69. The predicted octanol–water partition coefficient (Wildman–Crippen LogP) is 2.21. The molecular formula is C14H21FN2. The molecule has 2 unspecified atom stereocenters. The average molecular weight is 236 g/mol. The minimum Gasteiger partial charge on any atom is -0.310 e. The molecule has 0 bridgehead atoms. The smallest absolute Gasteiger partial charge is 0.102 e. The number of hydrogen-bond acceptors (Lipinski definition) is 2. The maximum atomic E-state index is 12.1. The van der Waals surface area contributed by atoms with E-state index in [4.69, 9.17) is 0 Å². The Hall–Kier alpha value is -0.930.